The normalized spacial score (nSPS) is 47.1. The molecule has 1 aliphatic heterocycles. The summed E-state index contributed by atoms with van der Waals surface area (Å²) >= 11 is 0. The molecule has 14 heavy (non-hydrogen) atoms. The Morgan fingerprint density at radius 3 is 2.50 bits per heavy atom. The van der Waals surface area contributed by atoms with E-state index in [0.29, 0.717) is 6.42 Å². The fourth-order valence-electron chi connectivity index (χ4n) is 2.13. The number of rotatable bonds is 0. The summed E-state index contributed by atoms with van der Waals surface area (Å²) in [5, 5.41) is 0. The van der Waals surface area contributed by atoms with Gasteiger partial charge in [0.25, 0.3) is 0 Å². The van der Waals surface area contributed by atoms with Crippen LogP contribution >= 0.6 is 0 Å². The third kappa shape index (κ3) is 1.34. The molecule has 2 bridgehead atoms. The van der Waals surface area contributed by atoms with Crippen LogP contribution in [0.3, 0.4) is 0 Å². The predicted molar refractivity (Wildman–Crippen MR) is 41.2 cm³/mol. The van der Waals surface area contributed by atoms with Crippen molar-refractivity contribution in [3.05, 3.63) is 12.2 Å². The van der Waals surface area contributed by atoms with Crippen LogP contribution in [0.2, 0.25) is 0 Å². The second kappa shape index (κ2) is 2.51. The van der Waals surface area contributed by atoms with Gasteiger partial charge in [0, 0.05) is 6.42 Å². The molecular weight excluding hydrogens is 200 g/mol. The Morgan fingerprint density at radius 2 is 2.00 bits per heavy atom. The van der Waals surface area contributed by atoms with Gasteiger partial charge in [0.15, 0.2) is 0 Å². The van der Waals surface area contributed by atoms with E-state index in [-0.39, 0.29) is 5.92 Å². The van der Waals surface area contributed by atoms with Gasteiger partial charge in [-0.05, 0) is 19.3 Å². The summed E-state index contributed by atoms with van der Waals surface area (Å²) in [5.74, 6) is -3.84. The number of alkyl halides is 4. The summed E-state index contributed by atoms with van der Waals surface area (Å²) in [6.07, 6.45) is -2.01. The molecule has 1 heterocycles. The molecule has 0 amide bonds. The number of hydrogen-bond acceptors (Lipinski definition) is 1. The SMILES string of the molecule is CC12C=CC(C1)CC(F)(C(F)(F)F)O2. The highest BCUT2D eigenvalue weighted by Crippen LogP contribution is 2.51. The minimum Gasteiger partial charge on any atom is -0.328 e. The van der Waals surface area contributed by atoms with Crippen molar-refractivity contribution in [2.45, 2.75) is 37.4 Å². The van der Waals surface area contributed by atoms with Crippen molar-refractivity contribution in [2.24, 2.45) is 5.92 Å². The van der Waals surface area contributed by atoms with E-state index in [1.807, 2.05) is 0 Å². The molecule has 0 aromatic rings. The molecule has 0 aromatic heterocycles. The molecule has 2 aliphatic rings. The van der Waals surface area contributed by atoms with Crippen LogP contribution < -0.4 is 0 Å². The lowest BCUT2D eigenvalue weighted by Crippen LogP contribution is -2.52. The van der Waals surface area contributed by atoms with Crippen LogP contribution in [0.15, 0.2) is 12.2 Å². The molecule has 3 unspecified atom stereocenters. The molecule has 1 fully saturated rings. The minimum atomic E-state index is -4.95. The molecule has 0 N–H and O–H groups in total. The molecule has 1 saturated heterocycles. The third-order valence-corrected chi connectivity index (χ3v) is 2.73. The predicted octanol–water partition coefficient (Wildman–Crippen LogP) is 2.97. The highest BCUT2D eigenvalue weighted by molar-refractivity contribution is 5.16. The smallest absolute Gasteiger partial charge is 0.328 e. The number of allylic oxidation sites excluding steroid dienone is 1. The first kappa shape index (κ1) is 9.96. The summed E-state index contributed by atoms with van der Waals surface area (Å²) in [7, 11) is 0. The zero-order valence-corrected chi connectivity index (χ0v) is 7.57. The Labute approximate surface area is 78.7 Å². The second-order valence-electron chi connectivity index (χ2n) is 4.17. The van der Waals surface area contributed by atoms with Gasteiger partial charge >= 0.3 is 12.0 Å². The molecule has 2 rings (SSSR count). The molecule has 5 heteroatoms. The van der Waals surface area contributed by atoms with Gasteiger partial charge in [-0.15, -0.1) is 0 Å². The van der Waals surface area contributed by atoms with E-state index < -0.39 is 24.1 Å². The number of halogens is 4. The van der Waals surface area contributed by atoms with Crippen molar-refractivity contribution in [2.75, 3.05) is 0 Å². The molecule has 3 atom stereocenters. The van der Waals surface area contributed by atoms with Crippen LogP contribution in [0.25, 0.3) is 0 Å². The topological polar surface area (TPSA) is 9.23 Å². The Bertz CT molecular complexity index is 285. The fraction of sp³-hybridized carbons (Fsp3) is 0.778. The van der Waals surface area contributed by atoms with Gasteiger partial charge < -0.3 is 4.74 Å². The van der Waals surface area contributed by atoms with Gasteiger partial charge in [-0.25, -0.2) is 4.39 Å². The number of ether oxygens (including phenoxy) is 1. The molecule has 0 aromatic carbocycles. The lowest BCUT2D eigenvalue weighted by atomic mass is 9.90. The molecule has 80 valence electrons. The maximum absolute atomic E-state index is 13.5. The first-order valence-corrected chi connectivity index (χ1v) is 4.39. The van der Waals surface area contributed by atoms with E-state index >= 15 is 0 Å². The van der Waals surface area contributed by atoms with Gasteiger partial charge in [0.05, 0.1) is 5.60 Å². The van der Waals surface area contributed by atoms with Crippen molar-refractivity contribution in [3.8, 4) is 0 Å². The summed E-state index contributed by atoms with van der Waals surface area (Å²) < 4.78 is 55.0. The quantitative estimate of drug-likeness (QED) is 0.441. The van der Waals surface area contributed by atoms with E-state index in [9.17, 15) is 17.6 Å². The van der Waals surface area contributed by atoms with Gasteiger partial charge in [-0.1, -0.05) is 12.2 Å². The standard InChI is InChI=1S/C9H10F4O/c1-7-3-2-6(4-7)5-8(10,14-7)9(11,12)13/h2-3,6H,4-5H2,1H3. The number of fused-ring (bicyclic) bond motifs is 2. The maximum atomic E-state index is 13.5. The highest BCUT2D eigenvalue weighted by Gasteiger charge is 2.64. The van der Waals surface area contributed by atoms with Crippen LogP contribution in [0.4, 0.5) is 17.6 Å². The van der Waals surface area contributed by atoms with Crippen LogP contribution in [-0.4, -0.2) is 17.6 Å². The van der Waals surface area contributed by atoms with Crippen molar-refractivity contribution in [1.82, 2.24) is 0 Å². The monoisotopic (exact) mass is 210 g/mol. The van der Waals surface area contributed by atoms with Crippen LogP contribution in [-0.2, 0) is 4.74 Å². The van der Waals surface area contributed by atoms with Crippen LogP contribution in [0.1, 0.15) is 19.8 Å². The molecule has 0 radical (unpaired) electrons. The summed E-state index contributed by atoms with van der Waals surface area (Å²) in [6, 6.07) is 0. The molecule has 1 nitrogen and oxygen atoms in total. The van der Waals surface area contributed by atoms with E-state index in [4.69, 9.17) is 0 Å². The van der Waals surface area contributed by atoms with Crippen molar-refractivity contribution in [3.63, 3.8) is 0 Å². The Hall–Kier alpha value is -0.580. The second-order valence-corrected chi connectivity index (χ2v) is 4.17. The summed E-state index contributed by atoms with van der Waals surface area (Å²) in [6.45, 7) is 1.47. The first-order chi connectivity index (χ1) is 6.24. The molecule has 0 saturated carbocycles. The van der Waals surface area contributed by atoms with Crippen molar-refractivity contribution >= 4 is 0 Å². The Kier molecular flexibility index (Phi) is 1.78. The fourth-order valence-corrected chi connectivity index (χ4v) is 2.13. The zero-order valence-electron chi connectivity index (χ0n) is 7.57. The van der Waals surface area contributed by atoms with Gasteiger partial charge in [-0.2, -0.15) is 13.2 Å². The third-order valence-electron chi connectivity index (χ3n) is 2.73. The van der Waals surface area contributed by atoms with Crippen molar-refractivity contribution in [1.29, 1.82) is 0 Å². The van der Waals surface area contributed by atoms with Crippen LogP contribution in [0.5, 0.6) is 0 Å². The Morgan fingerprint density at radius 1 is 1.36 bits per heavy atom. The van der Waals surface area contributed by atoms with E-state index in [1.165, 1.54) is 13.0 Å². The van der Waals surface area contributed by atoms with Crippen LogP contribution in [0, 0.1) is 5.92 Å². The lowest BCUT2D eigenvalue weighted by Gasteiger charge is -2.40. The summed E-state index contributed by atoms with van der Waals surface area (Å²) in [4.78, 5) is 0. The highest BCUT2D eigenvalue weighted by atomic mass is 19.4. The van der Waals surface area contributed by atoms with Gasteiger partial charge in [0.1, 0.15) is 0 Å². The molecular formula is C9H10F4O. The molecule has 1 aliphatic carbocycles. The van der Waals surface area contributed by atoms with E-state index in [1.54, 1.807) is 6.08 Å². The zero-order chi connectivity index (χ0) is 10.6. The lowest BCUT2D eigenvalue weighted by molar-refractivity contribution is -0.370. The summed E-state index contributed by atoms with van der Waals surface area (Å²) in [5.41, 5.74) is -1.09. The first-order valence-electron chi connectivity index (χ1n) is 4.39. The van der Waals surface area contributed by atoms with Crippen molar-refractivity contribution < 1.29 is 22.3 Å². The number of hydrogen-bond donors (Lipinski definition) is 0. The van der Waals surface area contributed by atoms with Gasteiger partial charge in [-0.3, -0.25) is 0 Å². The van der Waals surface area contributed by atoms with Gasteiger partial charge in [0.2, 0.25) is 0 Å². The maximum Gasteiger partial charge on any atom is 0.448 e. The average Bonchev–Trinajstić information content (AvgIpc) is 2.23. The van der Waals surface area contributed by atoms with E-state index in [0.717, 1.165) is 0 Å². The minimum absolute atomic E-state index is 0.361. The van der Waals surface area contributed by atoms with E-state index in [2.05, 4.69) is 4.74 Å². The average molecular weight is 210 g/mol. The largest absolute Gasteiger partial charge is 0.448 e. The molecule has 0 spiro atoms. The Balaban J connectivity index is 2.27.